The summed E-state index contributed by atoms with van der Waals surface area (Å²) >= 11 is 5.91. The molecule has 2 aromatic rings. The van der Waals surface area contributed by atoms with Crippen molar-refractivity contribution in [2.24, 2.45) is 0 Å². The smallest absolute Gasteiger partial charge is 0.415 e. The molecule has 21 heavy (non-hydrogen) atoms. The van der Waals surface area contributed by atoms with Crippen molar-refractivity contribution in [3.8, 4) is 5.75 Å². The van der Waals surface area contributed by atoms with E-state index < -0.39 is 17.7 Å². The van der Waals surface area contributed by atoms with Crippen LogP contribution >= 0.6 is 11.6 Å². The van der Waals surface area contributed by atoms with Crippen LogP contribution in [0.25, 0.3) is 10.8 Å². The van der Waals surface area contributed by atoms with Gasteiger partial charge in [0.25, 0.3) is 0 Å². The highest BCUT2D eigenvalue weighted by Gasteiger charge is 2.58. The van der Waals surface area contributed by atoms with Crippen molar-refractivity contribution in [1.29, 1.82) is 0 Å². The molecule has 0 saturated carbocycles. The summed E-state index contributed by atoms with van der Waals surface area (Å²) in [5, 5.41) is 0.938. The Morgan fingerprint density at radius 2 is 1.86 bits per heavy atom. The molecule has 1 aliphatic heterocycles. The summed E-state index contributed by atoms with van der Waals surface area (Å²) < 4.78 is 45.6. The standard InChI is InChI=1S/C15H13ClF3NO/c1-7-3-4-9-12-11(7)10(20)5-8(2)13(12)21-6-14(9,16)15(17,18)19/h3-5H,6,20H2,1-2H3. The van der Waals surface area contributed by atoms with Gasteiger partial charge in [-0.1, -0.05) is 12.1 Å². The first-order valence-corrected chi connectivity index (χ1v) is 6.76. The van der Waals surface area contributed by atoms with Crippen LogP contribution < -0.4 is 10.5 Å². The molecule has 0 amide bonds. The molecule has 1 heterocycles. The van der Waals surface area contributed by atoms with Crippen molar-refractivity contribution in [2.45, 2.75) is 24.9 Å². The number of ether oxygens (including phenoxy) is 1. The highest BCUT2D eigenvalue weighted by Crippen LogP contribution is 2.53. The quantitative estimate of drug-likeness (QED) is 0.576. The molecule has 0 radical (unpaired) electrons. The van der Waals surface area contributed by atoms with Crippen LogP contribution in [0.4, 0.5) is 18.9 Å². The highest BCUT2D eigenvalue weighted by molar-refractivity contribution is 6.26. The van der Waals surface area contributed by atoms with Gasteiger partial charge in [0, 0.05) is 16.5 Å². The number of aryl methyl sites for hydroxylation is 2. The first-order valence-electron chi connectivity index (χ1n) is 6.38. The van der Waals surface area contributed by atoms with Crippen LogP contribution in [0.5, 0.6) is 5.75 Å². The lowest BCUT2D eigenvalue weighted by atomic mass is 9.86. The summed E-state index contributed by atoms with van der Waals surface area (Å²) in [5.74, 6) is 0.429. The van der Waals surface area contributed by atoms with Crippen LogP contribution in [0.3, 0.4) is 0 Å². The number of halogens is 4. The van der Waals surface area contributed by atoms with Crippen LogP contribution in [-0.4, -0.2) is 12.8 Å². The summed E-state index contributed by atoms with van der Waals surface area (Å²) in [4.78, 5) is -2.55. The summed E-state index contributed by atoms with van der Waals surface area (Å²) in [6.07, 6.45) is -4.62. The van der Waals surface area contributed by atoms with Gasteiger partial charge in [0.2, 0.25) is 0 Å². The normalized spacial score (nSPS) is 21.4. The van der Waals surface area contributed by atoms with E-state index in [2.05, 4.69) is 0 Å². The highest BCUT2D eigenvalue weighted by atomic mass is 35.5. The van der Waals surface area contributed by atoms with Crippen LogP contribution in [0, 0.1) is 13.8 Å². The van der Waals surface area contributed by atoms with Gasteiger partial charge in [0.15, 0.2) is 4.87 Å². The predicted octanol–water partition coefficient (Wildman–Crippen LogP) is 4.43. The van der Waals surface area contributed by atoms with Crippen LogP contribution in [0.15, 0.2) is 18.2 Å². The fourth-order valence-corrected chi connectivity index (χ4v) is 3.09. The average molecular weight is 316 g/mol. The molecule has 112 valence electrons. The van der Waals surface area contributed by atoms with E-state index in [-0.39, 0.29) is 5.56 Å². The molecular weight excluding hydrogens is 303 g/mol. The molecule has 0 aromatic heterocycles. The number of hydrogen-bond donors (Lipinski definition) is 1. The molecule has 6 heteroatoms. The molecule has 1 unspecified atom stereocenters. The Bertz CT molecular complexity index is 757. The number of nitrogen functional groups attached to an aromatic ring is 1. The minimum absolute atomic E-state index is 0.00826. The van der Waals surface area contributed by atoms with E-state index in [1.165, 1.54) is 6.07 Å². The molecular formula is C15H13ClF3NO. The Balaban J connectivity index is 2.49. The van der Waals surface area contributed by atoms with Crippen molar-refractivity contribution in [3.63, 3.8) is 0 Å². The van der Waals surface area contributed by atoms with E-state index in [4.69, 9.17) is 22.1 Å². The largest absolute Gasteiger partial charge is 0.490 e. The third-order valence-electron chi connectivity index (χ3n) is 3.95. The third kappa shape index (κ3) is 1.80. The first kappa shape index (κ1) is 14.3. The van der Waals surface area contributed by atoms with E-state index in [0.29, 0.717) is 27.8 Å². The zero-order valence-corrected chi connectivity index (χ0v) is 12.2. The molecule has 0 spiro atoms. The number of nitrogens with two attached hydrogens (primary N) is 1. The van der Waals surface area contributed by atoms with E-state index in [1.807, 2.05) is 0 Å². The van der Waals surface area contributed by atoms with Gasteiger partial charge in [0.05, 0.1) is 0 Å². The minimum Gasteiger partial charge on any atom is -0.490 e. The van der Waals surface area contributed by atoms with Crippen molar-refractivity contribution in [3.05, 3.63) is 34.9 Å². The lowest BCUT2D eigenvalue weighted by Crippen LogP contribution is -2.44. The Kier molecular flexibility index (Phi) is 2.86. The molecule has 0 fully saturated rings. The van der Waals surface area contributed by atoms with Gasteiger partial charge >= 0.3 is 6.18 Å². The lowest BCUT2D eigenvalue weighted by Gasteiger charge is -2.36. The van der Waals surface area contributed by atoms with Gasteiger partial charge in [0.1, 0.15) is 12.4 Å². The fraction of sp³-hybridized carbons (Fsp3) is 0.333. The maximum absolute atomic E-state index is 13.4. The first-order chi connectivity index (χ1) is 9.67. The van der Waals surface area contributed by atoms with Gasteiger partial charge in [-0.2, -0.15) is 13.2 Å². The van der Waals surface area contributed by atoms with Crippen LogP contribution in [-0.2, 0) is 4.87 Å². The second kappa shape index (κ2) is 4.19. The van der Waals surface area contributed by atoms with Gasteiger partial charge < -0.3 is 10.5 Å². The number of benzene rings is 2. The number of alkyl halides is 4. The van der Waals surface area contributed by atoms with Crippen molar-refractivity contribution >= 4 is 28.1 Å². The number of rotatable bonds is 0. The van der Waals surface area contributed by atoms with E-state index in [0.717, 1.165) is 5.56 Å². The van der Waals surface area contributed by atoms with E-state index >= 15 is 0 Å². The van der Waals surface area contributed by atoms with Crippen molar-refractivity contribution in [2.75, 3.05) is 12.3 Å². The number of anilines is 1. The molecule has 0 aliphatic carbocycles. The minimum atomic E-state index is -4.62. The lowest BCUT2D eigenvalue weighted by molar-refractivity contribution is -0.172. The fourth-order valence-electron chi connectivity index (χ4n) is 2.88. The van der Waals surface area contributed by atoms with Crippen LogP contribution in [0.2, 0.25) is 0 Å². The number of hydrogen-bond acceptors (Lipinski definition) is 2. The second-order valence-electron chi connectivity index (χ2n) is 5.38. The molecule has 1 atom stereocenters. The molecule has 3 rings (SSSR count). The average Bonchev–Trinajstić information content (AvgIpc) is 2.36. The second-order valence-corrected chi connectivity index (χ2v) is 6.02. The predicted molar refractivity (Wildman–Crippen MR) is 76.9 cm³/mol. The Labute approximate surface area is 124 Å². The zero-order valence-electron chi connectivity index (χ0n) is 11.4. The summed E-state index contributed by atoms with van der Waals surface area (Å²) in [7, 11) is 0. The van der Waals surface area contributed by atoms with Gasteiger partial charge in [-0.15, -0.1) is 11.6 Å². The Morgan fingerprint density at radius 3 is 2.48 bits per heavy atom. The van der Waals surface area contributed by atoms with Gasteiger partial charge in [-0.3, -0.25) is 0 Å². The maximum atomic E-state index is 13.4. The summed E-state index contributed by atoms with van der Waals surface area (Å²) in [6, 6.07) is 4.74. The topological polar surface area (TPSA) is 35.2 Å². The zero-order chi connectivity index (χ0) is 15.6. The van der Waals surface area contributed by atoms with Gasteiger partial charge in [-0.05, 0) is 36.6 Å². The molecule has 2 nitrogen and oxygen atoms in total. The molecule has 2 aromatic carbocycles. The Morgan fingerprint density at radius 1 is 1.19 bits per heavy atom. The van der Waals surface area contributed by atoms with Crippen LogP contribution in [0.1, 0.15) is 16.7 Å². The van der Waals surface area contributed by atoms with Crippen molar-refractivity contribution in [1.82, 2.24) is 0 Å². The molecule has 0 bridgehead atoms. The van der Waals surface area contributed by atoms with E-state index in [1.54, 1.807) is 26.0 Å². The van der Waals surface area contributed by atoms with Gasteiger partial charge in [-0.25, -0.2) is 0 Å². The SMILES string of the molecule is Cc1cc(N)c2c(C)ccc3c2c1OCC3(Cl)C(F)(F)F. The summed E-state index contributed by atoms with van der Waals surface area (Å²) in [6.45, 7) is 2.91. The molecule has 2 N–H and O–H groups in total. The molecule has 1 aliphatic rings. The monoisotopic (exact) mass is 315 g/mol. The third-order valence-corrected chi connectivity index (χ3v) is 4.48. The van der Waals surface area contributed by atoms with Crippen molar-refractivity contribution < 1.29 is 17.9 Å². The maximum Gasteiger partial charge on any atom is 0.415 e. The summed E-state index contributed by atoms with van der Waals surface area (Å²) in [5.41, 5.74) is 7.92. The Hall–Kier alpha value is -1.62. The van der Waals surface area contributed by atoms with E-state index in [9.17, 15) is 13.2 Å². The molecule has 0 saturated heterocycles.